The predicted octanol–water partition coefficient (Wildman–Crippen LogP) is 2.09. The molecule has 0 aliphatic carbocycles. The topological polar surface area (TPSA) is 96.7 Å². The molecular weight excluding hydrogens is 324 g/mol. The van der Waals surface area contributed by atoms with Crippen molar-refractivity contribution in [3.8, 4) is 0 Å². The van der Waals surface area contributed by atoms with E-state index >= 15 is 0 Å². The smallest absolute Gasteiger partial charge is 0.319 e. The highest BCUT2D eigenvalue weighted by Crippen LogP contribution is 2.27. The minimum Gasteiger partial charge on any atom is -0.379 e. The van der Waals surface area contributed by atoms with E-state index in [0.717, 1.165) is 39.3 Å². The van der Waals surface area contributed by atoms with E-state index in [0.29, 0.717) is 12.2 Å². The lowest BCUT2D eigenvalue weighted by atomic mass is 10.3. The van der Waals surface area contributed by atoms with E-state index in [1.165, 1.54) is 18.2 Å². The van der Waals surface area contributed by atoms with Gasteiger partial charge in [0.15, 0.2) is 0 Å². The van der Waals surface area contributed by atoms with Gasteiger partial charge in [-0.05, 0) is 25.1 Å². The van der Waals surface area contributed by atoms with E-state index in [4.69, 9.17) is 16.3 Å². The number of urea groups is 1. The fraction of sp³-hybridized carbons (Fsp3) is 0.500. The third-order valence-corrected chi connectivity index (χ3v) is 3.76. The Bertz CT molecular complexity index is 564. The predicted molar refractivity (Wildman–Crippen MR) is 87.0 cm³/mol. The first-order valence-electron chi connectivity index (χ1n) is 7.35. The summed E-state index contributed by atoms with van der Waals surface area (Å²) in [4.78, 5) is 24.3. The summed E-state index contributed by atoms with van der Waals surface area (Å²) >= 11 is 5.72. The van der Waals surface area contributed by atoms with E-state index in [9.17, 15) is 14.9 Å². The number of nitro groups is 1. The van der Waals surface area contributed by atoms with Crippen molar-refractivity contribution in [2.75, 3.05) is 44.7 Å². The molecule has 0 bridgehead atoms. The fourth-order valence-corrected chi connectivity index (χ4v) is 2.42. The number of rotatable bonds is 6. The van der Waals surface area contributed by atoms with E-state index in [2.05, 4.69) is 15.5 Å². The van der Waals surface area contributed by atoms with Crippen molar-refractivity contribution in [3.05, 3.63) is 33.3 Å². The van der Waals surface area contributed by atoms with Gasteiger partial charge in [0, 0.05) is 31.4 Å². The summed E-state index contributed by atoms with van der Waals surface area (Å²) < 4.78 is 5.27. The van der Waals surface area contributed by atoms with Crippen molar-refractivity contribution >= 4 is 29.0 Å². The second-order valence-electron chi connectivity index (χ2n) is 5.11. The van der Waals surface area contributed by atoms with Crippen LogP contribution in [-0.2, 0) is 4.74 Å². The van der Waals surface area contributed by atoms with Crippen LogP contribution in [0.2, 0.25) is 5.02 Å². The van der Waals surface area contributed by atoms with Crippen LogP contribution in [0.5, 0.6) is 0 Å². The molecule has 2 amide bonds. The zero-order valence-corrected chi connectivity index (χ0v) is 13.3. The zero-order valence-electron chi connectivity index (χ0n) is 12.6. The Kier molecular flexibility index (Phi) is 6.57. The normalized spacial score (nSPS) is 15.2. The molecule has 1 aromatic carbocycles. The zero-order chi connectivity index (χ0) is 16.7. The molecule has 126 valence electrons. The molecule has 1 aliphatic heterocycles. The molecule has 23 heavy (non-hydrogen) atoms. The number of carbonyl (C=O) groups excluding carboxylic acids is 1. The maximum absolute atomic E-state index is 11.8. The van der Waals surface area contributed by atoms with Crippen molar-refractivity contribution in [1.82, 2.24) is 10.2 Å². The minimum atomic E-state index is -0.590. The lowest BCUT2D eigenvalue weighted by Gasteiger charge is -2.26. The lowest BCUT2D eigenvalue weighted by Crippen LogP contribution is -2.38. The van der Waals surface area contributed by atoms with Gasteiger partial charge in [-0.25, -0.2) is 4.79 Å². The Morgan fingerprint density at radius 1 is 1.39 bits per heavy atom. The Balaban J connectivity index is 1.72. The number of nitrogens with one attached hydrogen (secondary N) is 2. The molecule has 1 saturated heterocycles. The molecule has 9 heteroatoms. The van der Waals surface area contributed by atoms with E-state index in [1.807, 2.05) is 0 Å². The molecule has 0 radical (unpaired) electrons. The molecule has 1 aliphatic rings. The van der Waals surface area contributed by atoms with Crippen molar-refractivity contribution in [2.45, 2.75) is 6.42 Å². The molecule has 0 saturated carbocycles. The van der Waals surface area contributed by atoms with Crippen molar-refractivity contribution in [3.63, 3.8) is 0 Å². The first kappa shape index (κ1) is 17.5. The van der Waals surface area contributed by atoms with Gasteiger partial charge in [0.1, 0.15) is 5.02 Å². The van der Waals surface area contributed by atoms with E-state index < -0.39 is 11.0 Å². The Hall–Kier alpha value is -1.90. The number of morpholine rings is 1. The quantitative estimate of drug-likeness (QED) is 0.469. The highest BCUT2D eigenvalue weighted by atomic mass is 35.5. The van der Waals surface area contributed by atoms with Gasteiger partial charge in [-0.1, -0.05) is 11.6 Å². The van der Waals surface area contributed by atoms with Crippen molar-refractivity contribution in [1.29, 1.82) is 0 Å². The summed E-state index contributed by atoms with van der Waals surface area (Å²) in [7, 11) is 0. The van der Waals surface area contributed by atoms with E-state index in [1.54, 1.807) is 0 Å². The third kappa shape index (κ3) is 5.66. The molecule has 1 heterocycles. The van der Waals surface area contributed by atoms with Gasteiger partial charge in [-0.15, -0.1) is 0 Å². The highest BCUT2D eigenvalue weighted by Gasteiger charge is 2.14. The number of nitrogens with zero attached hydrogens (tertiary/aromatic N) is 2. The molecule has 0 aromatic heterocycles. The van der Waals surface area contributed by atoms with Crippen LogP contribution in [0.1, 0.15) is 6.42 Å². The SMILES string of the molecule is O=C(NCCCN1CCOCC1)Nc1ccc(Cl)c([N+](=O)[O-])c1. The second kappa shape index (κ2) is 8.66. The molecule has 8 nitrogen and oxygen atoms in total. The standard InChI is InChI=1S/C14H19ClN4O4/c15-12-3-2-11(10-13(12)19(21)22)17-14(20)16-4-1-5-18-6-8-23-9-7-18/h2-3,10H,1,4-9H2,(H2,16,17,20). The average Bonchev–Trinajstić information content (AvgIpc) is 2.54. The number of anilines is 1. The summed E-state index contributed by atoms with van der Waals surface area (Å²) in [5.41, 5.74) is 0.0866. The lowest BCUT2D eigenvalue weighted by molar-refractivity contribution is -0.384. The van der Waals surface area contributed by atoms with Crippen LogP contribution >= 0.6 is 11.6 Å². The van der Waals surface area contributed by atoms with Crippen LogP contribution in [0, 0.1) is 10.1 Å². The molecular formula is C14H19ClN4O4. The number of hydrogen-bond donors (Lipinski definition) is 2. The fourth-order valence-electron chi connectivity index (χ4n) is 2.23. The second-order valence-corrected chi connectivity index (χ2v) is 5.52. The van der Waals surface area contributed by atoms with Crippen molar-refractivity contribution in [2.24, 2.45) is 0 Å². The largest absolute Gasteiger partial charge is 0.379 e. The number of carbonyl (C=O) groups is 1. The number of nitro benzene ring substituents is 1. The van der Waals surface area contributed by atoms with Gasteiger partial charge in [0.2, 0.25) is 0 Å². The third-order valence-electron chi connectivity index (χ3n) is 3.44. The number of ether oxygens (including phenoxy) is 1. The molecule has 2 rings (SSSR count). The van der Waals surface area contributed by atoms with Gasteiger partial charge in [0.25, 0.3) is 5.69 Å². The molecule has 1 fully saturated rings. The summed E-state index contributed by atoms with van der Waals surface area (Å²) in [6.45, 7) is 4.77. The van der Waals surface area contributed by atoms with Crippen molar-refractivity contribution < 1.29 is 14.5 Å². The molecule has 0 atom stereocenters. The molecule has 0 unspecified atom stereocenters. The van der Waals surface area contributed by atoms with Crippen LogP contribution in [0.15, 0.2) is 18.2 Å². The monoisotopic (exact) mass is 342 g/mol. The van der Waals surface area contributed by atoms with Crippen LogP contribution < -0.4 is 10.6 Å². The van der Waals surface area contributed by atoms with E-state index in [-0.39, 0.29) is 10.7 Å². The highest BCUT2D eigenvalue weighted by molar-refractivity contribution is 6.32. The number of benzene rings is 1. The number of halogens is 1. The van der Waals surface area contributed by atoms with Gasteiger partial charge in [-0.3, -0.25) is 15.0 Å². The number of hydrogen-bond acceptors (Lipinski definition) is 5. The van der Waals surface area contributed by atoms with Crippen LogP contribution in [-0.4, -0.2) is 55.2 Å². The molecule has 1 aromatic rings. The average molecular weight is 343 g/mol. The van der Waals surface area contributed by atoms with Gasteiger partial charge < -0.3 is 15.4 Å². The molecule has 0 spiro atoms. The maximum Gasteiger partial charge on any atom is 0.319 e. The number of amides is 2. The Labute approximate surface area is 138 Å². The first-order chi connectivity index (χ1) is 11.1. The Morgan fingerprint density at radius 2 is 2.13 bits per heavy atom. The maximum atomic E-state index is 11.8. The minimum absolute atomic E-state index is 0.0338. The van der Waals surface area contributed by atoms with Crippen LogP contribution in [0.4, 0.5) is 16.2 Å². The van der Waals surface area contributed by atoms with Gasteiger partial charge in [0.05, 0.1) is 18.1 Å². The Morgan fingerprint density at radius 3 is 2.83 bits per heavy atom. The van der Waals surface area contributed by atoms with Crippen LogP contribution in [0.25, 0.3) is 0 Å². The summed E-state index contributed by atoms with van der Waals surface area (Å²) in [5.74, 6) is 0. The van der Waals surface area contributed by atoms with Gasteiger partial charge >= 0.3 is 6.03 Å². The first-order valence-corrected chi connectivity index (χ1v) is 7.73. The van der Waals surface area contributed by atoms with Gasteiger partial charge in [-0.2, -0.15) is 0 Å². The summed E-state index contributed by atoms with van der Waals surface area (Å²) in [5, 5.41) is 16.1. The summed E-state index contributed by atoms with van der Waals surface area (Å²) in [6, 6.07) is 3.73. The summed E-state index contributed by atoms with van der Waals surface area (Å²) in [6.07, 6.45) is 0.828. The molecule has 2 N–H and O–H groups in total. The van der Waals surface area contributed by atoms with Crippen LogP contribution in [0.3, 0.4) is 0 Å².